The lowest BCUT2D eigenvalue weighted by Gasteiger charge is -2.16. The van der Waals surface area contributed by atoms with Crippen molar-refractivity contribution in [2.75, 3.05) is 0 Å². The van der Waals surface area contributed by atoms with Crippen molar-refractivity contribution in [3.8, 4) is 0 Å². The van der Waals surface area contributed by atoms with E-state index in [2.05, 4.69) is 19.9 Å². The first-order valence-corrected chi connectivity index (χ1v) is 8.79. The Balaban J connectivity index is 2.14. The van der Waals surface area contributed by atoms with Crippen LogP contribution in [0.5, 0.6) is 0 Å². The smallest absolute Gasteiger partial charge is 0.272 e. The van der Waals surface area contributed by atoms with Crippen LogP contribution in [-0.4, -0.2) is 19.9 Å². The molecule has 0 saturated carbocycles. The Morgan fingerprint density at radius 3 is 2.28 bits per heavy atom. The maximum atomic E-state index is 12.3. The zero-order chi connectivity index (χ0) is 18.2. The van der Waals surface area contributed by atoms with Gasteiger partial charge in [0.25, 0.3) is 11.1 Å². The van der Waals surface area contributed by atoms with Gasteiger partial charge >= 0.3 is 0 Å². The largest absolute Gasteiger partial charge is 0.348 e. The summed E-state index contributed by atoms with van der Waals surface area (Å²) in [4.78, 5) is 37.9. The van der Waals surface area contributed by atoms with Gasteiger partial charge < -0.3 is 15.0 Å². The summed E-state index contributed by atoms with van der Waals surface area (Å²) in [5.41, 5.74) is 0.563. The summed E-state index contributed by atoms with van der Waals surface area (Å²) in [6, 6.07) is 3.52. The Morgan fingerprint density at radius 2 is 1.72 bits per heavy atom. The first-order chi connectivity index (χ1) is 11.7. The van der Waals surface area contributed by atoms with Gasteiger partial charge in [-0.15, -0.1) is 11.3 Å². The van der Waals surface area contributed by atoms with Crippen molar-refractivity contribution in [1.29, 1.82) is 0 Å². The fourth-order valence-corrected chi connectivity index (χ4v) is 3.40. The molecule has 0 unspecified atom stereocenters. The molecule has 0 aliphatic carbocycles. The monoisotopic (exact) mass is 376 g/mol. The number of rotatable bonds is 2. The van der Waals surface area contributed by atoms with Crippen molar-refractivity contribution in [2.24, 2.45) is 0 Å². The highest BCUT2D eigenvalue weighted by Crippen LogP contribution is 2.23. The third-order valence-electron chi connectivity index (χ3n) is 3.57. The van der Waals surface area contributed by atoms with Crippen LogP contribution in [0.4, 0.5) is 0 Å². The number of aromatic nitrogens is 4. The maximum Gasteiger partial charge on any atom is 0.272 e. The summed E-state index contributed by atoms with van der Waals surface area (Å²) in [5, 5.41) is 0.336. The number of halogens is 1. The van der Waals surface area contributed by atoms with Crippen molar-refractivity contribution in [3.05, 3.63) is 70.5 Å². The van der Waals surface area contributed by atoms with Crippen LogP contribution in [0.15, 0.2) is 28.0 Å². The number of nitrogens with one attached hydrogen (secondary N) is 3. The Kier molecular flexibility index (Phi) is 4.53. The van der Waals surface area contributed by atoms with Crippen molar-refractivity contribution in [3.63, 3.8) is 0 Å². The fourth-order valence-electron chi connectivity index (χ4n) is 2.40. The molecule has 3 heterocycles. The van der Waals surface area contributed by atoms with E-state index in [1.807, 2.05) is 20.8 Å². The minimum absolute atomic E-state index is 0.156. The van der Waals surface area contributed by atoms with Gasteiger partial charge in [0.2, 0.25) is 0 Å². The quantitative estimate of drug-likeness (QED) is 0.632. The average molecular weight is 377 g/mol. The Bertz CT molecular complexity index is 1140. The zero-order valence-electron chi connectivity index (χ0n) is 13.9. The lowest BCUT2D eigenvalue weighted by atomic mass is 9.90. The zero-order valence-corrected chi connectivity index (χ0v) is 15.5. The molecule has 3 N–H and O–H groups in total. The highest BCUT2D eigenvalue weighted by molar-refractivity contribution is 7.16. The minimum atomic E-state index is -0.392. The van der Waals surface area contributed by atoms with Crippen LogP contribution in [0, 0.1) is 0 Å². The van der Waals surface area contributed by atoms with Crippen LogP contribution >= 0.6 is 22.9 Å². The van der Waals surface area contributed by atoms with Crippen LogP contribution in [-0.2, 0) is 5.41 Å². The van der Waals surface area contributed by atoms with E-state index >= 15 is 0 Å². The molecule has 0 aliphatic rings. The first-order valence-electron chi connectivity index (χ1n) is 7.59. The second-order valence-electron chi connectivity index (χ2n) is 6.58. The molecule has 0 bridgehead atoms. The molecular formula is C17H17ClN4O2S. The summed E-state index contributed by atoms with van der Waals surface area (Å²) in [5.74, 6) is 0. The normalized spacial score (nSPS) is 13.6. The predicted molar refractivity (Wildman–Crippen MR) is 101 cm³/mol. The van der Waals surface area contributed by atoms with Gasteiger partial charge in [0.15, 0.2) is 0 Å². The molecule has 3 aromatic heterocycles. The van der Waals surface area contributed by atoms with Gasteiger partial charge in [0.1, 0.15) is 10.7 Å². The third kappa shape index (κ3) is 3.83. The second-order valence-corrected chi connectivity index (χ2v) is 8.33. The maximum absolute atomic E-state index is 12.3. The van der Waals surface area contributed by atoms with Gasteiger partial charge in [0, 0.05) is 16.0 Å². The Labute approximate surface area is 151 Å². The topological polar surface area (TPSA) is 94.4 Å². The third-order valence-corrected chi connectivity index (χ3v) is 4.74. The number of thiophene rings is 1. The number of hydrogen-bond donors (Lipinski definition) is 3. The molecule has 0 atom stereocenters. The number of hydrogen-bond acceptors (Lipinski definition) is 4. The molecule has 0 amide bonds. The molecule has 0 aliphatic heterocycles. The van der Waals surface area contributed by atoms with E-state index < -0.39 is 5.56 Å². The van der Waals surface area contributed by atoms with E-state index in [1.165, 1.54) is 11.3 Å². The minimum Gasteiger partial charge on any atom is -0.348 e. The van der Waals surface area contributed by atoms with E-state index in [1.54, 1.807) is 30.6 Å². The SMILES string of the molecule is CC(C)(C)c1[nH]cnc1/C=c1\[nH]c(=O)/c(=C/c2ccc(Cl)s2)[nH]c1=O. The predicted octanol–water partition coefficient (Wildman–Crippen LogP) is 1.46. The van der Waals surface area contributed by atoms with Crippen molar-refractivity contribution < 1.29 is 0 Å². The molecule has 8 heteroatoms. The standard InChI is InChI=1S/C17H17ClN4O2S/c1-17(2,3)14-10(19-8-20-14)7-12-16(24)21-11(15(23)22-12)6-9-4-5-13(18)25-9/h4-8H,1-3H3,(H,19,20)(H,21,24)(H,22,23)/b11-6-,12-7-. The number of nitrogens with zero attached hydrogens (tertiary/aromatic N) is 1. The van der Waals surface area contributed by atoms with Crippen LogP contribution in [0.3, 0.4) is 0 Å². The van der Waals surface area contributed by atoms with E-state index in [-0.39, 0.29) is 21.7 Å². The number of aromatic amines is 3. The molecule has 3 aromatic rings. The van der Waals surface area contributed by atoms with Crippen molar-refractivity contribution >= 4 is 35.1 Å². The van der Waals surface area contributed by atoms with Gasteiger partial charge in [-0.25, -0.2) is 4.98 Å². The van der Waals surface area contributed by atoms with Crippen LogP contribution in [0.1, 0.15) is 37.0 Å². The van der Waals surface area contributed by atoms with Crippen molar-refractivity contribution in [2.45, 2.75) is 26.2 Å². The summed E-state index contributed by atoms with van der Waals surface area (Å²) in [6.07, 6.45) is 4.74. The summed E-state index contributed by atoms with van der Waals surface area (Å²) >= 11 is 7.20. The highest BCUT2D eigenvalue weighted by Gasteiger charge is 2.19. The Morgan fingerprint density at radius 1 is 1.08 bits per heavy atom. The molecule has 0 saturated heterocycles. The van der Waals surface area contributed by atoms with Crippen LogP contribution in [0.2, 0.25) is 4.34 Å². The lowest BCUT2D eigenvalue weighted by molar-refractivity contribution is 0.571. The molecule has 0 aromatic carbocycles. The van der Waals surface area contributed by atoms with E-state index in [4.69, 9.17) is 11.6 Å². The average Bonchev–Trinajstić information content (AvgIpc) is 3.13. The van der Waals surface area contributed by atoms with Gasteiger partial charge in [-0.05, 0) is 24.3 Å². The van der Waals surface area contributed by atoms with E-state index in [0.717, 1.165) is 10.6 Å². The molecule has 130 valence electrons. The molecule has 3 rings (SSSR count). The van der Waals surface area contributed by atoms with Gasteiger partial charge in [-0.3, -0.25) is 9.59 Å². The summed E-state index contributed by atoms with van der Waals surface area (Å²) in [6.45, 7) is 6.11. The molecule has 0 fully saturated rings. The first kappa shape index (κ1) is 17.4. The molecule has 0 radical (unpaired) electrons. The summed E-state index contributed by atoms with van der Waals surface area (Å²) in [7, 11) is 0. The van der Waals surface area contributed by atoms with Crippen LogP contribution in [0.25, 0.3) is 12.2 Å². The van der Waals surface area contributed by atoms with E-state index in [9.17, 15) is 9.59 Å². The van der Waals surface area contributed by atoms with Crippen molar-refractivity contribution in [1.82, 2.24) is 19.9 Å². The van der Waals surface area contributed by atoms with Gasteiger partial charge in [0.05, 0.1) is 16.4 Å². The number of imidazole rings is 1. The molecule has 0 spiro atoms. The van der Waals surface area contributed by atoms with Crippen LogP contribution < -0.4 is 21.8 Å². The molecular weight excluding hydrogens is 360 g/mol. The van der Waals surface area contributed by atoms with Gasteiger partial charge in [-0.1, -0.05) is 32.4 Å². The Hall–Kier alpha value is -2.38. The van der Waals surface area contributed by atoms with E-state index in [0.29, 0.717) is 10.0 Å². The number of H-pyrrole nitrogens is 3. The second kappa shape index (κ2) is 6.50. The lowest BCUT2D eigenvalue weighted by Crippen LogP contribution is -2.46. The summed E-state index contributed by atoms with van der Waals surface area (Å²) < 4.78 is 0.614. The fraction of sp³-hybridized carbons (Fsp3) is 0.235. The highest BCUT2D eigenvalue weighted by atomic mass is 35.5. The van der Waals surface area contributed by atoms with Gasteiger partial charge in [-0.2, -0.15) is 0 Å². The molecule has 6 nitrogen and oxygen atoms in total. The molecule has 25 heavy (non-hydrogen) atoms.